The van der Waals surface area contributed by atoms with Crippen molar-refractivity contribution < 1.29 is 9.53 Å². The Balaban J connectivity index is 1.69. The number of urea groups is 1. The standard InChI is InChI=1S/C22H27N5O3/c1-4-30-20-10-6-5-9-15(20)23-21(28)24-16-13-18-19(26(3)22(29)25(18)2)14-17(16)27-11-7-8-12-27/h5-6,9-10,13-14H,4,7-8,11-12H2,1-3H3,(H2,23,24,28). The van der Waals surface area contributed by atoms with Crippen molar-refractivity contribution in [3.8, 4) is 5.75 Å². The second kappa shape index (κ2) is 8.14. The van der Waals surface area contributed by atoms with Gasteiger partial charge in [0.15, 0.2) is 0 Å². The number of hydrogen-bond acceptors (Lipinski definition) is 4. The maximum atomic E-state index is 12.8. The summed E-state index contributed by atoms with van der Waals surface area (Å²) in [6.07, 6.45) is 2.22. The van der Waals surface area contributed by atoms with Gasteiger partial charge in [-0.25, -0.2) is 9.59 Å². The highest BCUT2D eigenvalue weighted by molar-refractivity contribution is 6.04. The second-order valence-electron chi connectivity index (χ2n) is 7.46. The lowest BCUT2D eigenvalue weighted by Crippen LogP contribution is -2.24. The quantitative estimate of drug-likeness (QED) is 0.676. The number of para-hydroxylation sites is 2. The monoisotopic (exact) mass is 409 g/mol. The molecule has 8 heteroatoms. The molecule has 2 amide bonds. The molecular formula is C22H27N5O3. The van der Waals surface area contributed by atoms with Crippen molar-refractivity contribution in [2.24, 2.45) is 14.1 Å². The maximum absolute atomic E-state index is 12.8. The first-order valence-electron chi connectivity index (χ1n) is 10.2. The van der Waals surface area contributed by atoms with E-state index in [0.29, 0.717) is 23.7 Å². The highest BCUT2D eigenvalue weighted by Crippen LogP contribution is 2.33. The number of amides is 2. The van der Waals surface area contributed by atoms with E-state index in [9.17, 15) is 9.59 Å². The van der Waals surface area contributed by atoms with Crippen molar-refractivity contribution in [2.45, 2.75) is 19.8 Å². The van der Waals surface area contributed by atoms with Crippen LogP contribution in [0.3, 0.4) is 0 Å². The molecule has 0 bridgehead atoms. The lowest BCUT2D eigenvalue weighted by atomic mass is 10.2. The van der Waals surface area contributed by atoms with Crippen LogP contribution in [0, 0.1) is 0 Å². The molecule has 1 aliphatic rings. The number of carbonyl (C=O) groups excluding carboxylic acids is 1. The lowest BCUT2D eigenvalue weighted by Gasteiger charge is -2.22. The van der Waals surface area contributed by atoms with Crippen LogP contribution in [0.4, 0.5) is 21.9 Å². The first-order chi connectivity index (χ1) is 14.5. The molecule has 0 radical (unpaired) electrons. The average molecular weight is 409 g/mol. The van der Waals surface area contributed by atoms with Gasteiger partial charge in [-0.15, -0.1) is 0 Å². The number of ether oxygens (including phenoxy) is 1. The molecule has 0 atom stereocenters. The van der Waals surface area contributed by atoms with Crippen molar-refractivity contribution in [3.63, 3.8) is 0 Å². The number of rotatable bonds is 5. The number of benzene rings is 2. The zero-order valence-electron chi connectivity index (χ0n) is 17.6. The largest absolute Gasteiger partial charge is 0.492 e. The van der Waals surface area contributed by atoms with E-state index in [1.54, 1.807) is 29.3 Å². The molecule has 30 heavy (non-hydrogen) atoms. The van der Waals surface area contributed by atoms with E-state index in [1.165, 1.54) is 0 Å². The van der Waals surface area contributed by atoms with Crippen LogP contribution in [-0.4, -0.2) is 34.9 Å². The molecule has 2 heterocycles. The van der Waals surface area contributed by atoms with Gasteiger partial charge in [-0.05, 0) is 44.0 Å². The molecule has 0 saturated carbocycles. The Hall–Kier alpha value is -3.42. The Labute approximate surface area is 175 Å². The van der Waals surface area contributed by atoms with Gasteiger partial charge in [-0.1, -0.05) is 12.1 Å². The number of carbonyl (C=O) groups is 1. The summed E-state index contributed by atoms with van der Waals surface area (Å²) in [6.45, 7) is 4.27. The molecule has 2 aromatic carbocycles. The fourth-order valence-electron chi connectivity index (χ4n) is 3.98. The molecular weight excluding hydrogens is 382 g/mol. The first kappa shape index (κ1) is 19.9. The van der Waals surface area contributed by atoms with Crippen LogP contribution < -0.4 is 26.0 Å². The third-order valence-electron chi connectivity index (χ3n) is 5.52. The molecule has 1 aromatic heterocycles. The van der Waals surface area contributed by atoms with E-state index in [4.69, 9.17) is 4.74 Å². The van der Waals surface area contributed by atoms with Gasteiger partial charge in [-0.2, -0.15) is 0 Å². The second-order valence-corrected chi connectivity index (χ2v) is 7.46. The van der Waals surface area contributed by atoms with E-state index < -0.39 is 0 Å². The van der Waals surface area contributed by atoms with Crippen molar-refractivity contribution in [1.82, 2.24) is 9.13 Å². The Kier molecular flexibility index (Phi) is 5.39. The summed E-state index contributed by atoms with van der Waals surface area (Å²) < 4.78 is 8.82. The van der Waals surface area contributed by atoms with Gasteiger partial charge < -0.3 is 20.3 Å². The molecule has 0 spiro atoms. The molecule has 3 aromatic rings. The third-order valence-corrected chi connectivity index (χ3v) is 5.52. The molecule has 1 aliphatic heterocycles. The van der Waals surface area contributed by atoms with Crippen LogP contribution in [0.5, 0.6) is 5.75 Å². The SMILES string of the molecule is CCOc1ccccc1NC(=O)Nc1cc2c(cc1N1CCCC1)n(C)c(=O)n2C. The molecule has 1 fully saturated rings. The van der Waals surface area contributed by atoms with Crippen molar-refractivity contribution in [2.75, 3.05) is 35.2 Å². The summed E-state index contributed by atoms with van der Waals surface area (Å²) in [4.78, 5) is 27.5. The van der Waals surface area contributed by atoms with Crippen LogP contribution in [0.2, 0.25) is 0 Å². The number of aryl methyl sites for hydroxylation is 2. The predicted molar refractivity (Wildman–Crippen MR) is 120 cm³/mol. The van der Waals surface area contributed by atoms with E-state index in [0.717, 1.165) is 42.7 Å². The van der Waals surface area contributed by atoms with Crippen molar-refractivity contribution in [3.05, 3.63) is 46.9 Å². The molecule has 0 unspecified atom stereocenters. The number of hydrogen-bond donors (Lipinski definition) is 2. The number of nitrogens with zero attached hydrogens (tertiary/aromatic N) is 3. The van der Waals surface area contributed by atoms with E-state index in [2.05, 4.69) is 15.5 Å². The van der Waals surface area contributed by atoms with Gasteiger partial charge in [0.2, 0.25) is 0 Å². The van der Waals surface area contributed by atoms with Crippen LogP contribution >= 0.6 is 0 Å². The minimum Gasteiger partial charge on any atom is -0.492 e. The predicted octanol–water partition coefficient (Wildman–Crippen LogP) is 3.52. The smallest absolute Gasteiger partial charge is 0.328 e. The average Bonchev–Trinajstić information content (AvgIpc) is 3.34. The van der Waals surface area contributed by atoms with Gasteiger partial charge in [0.1, 0.15) is 5.75 Å². The molecule has 158 valence electrons. The highest BCUT2D eigenvalue weighted by atomic mass is 16.5. The van der Waals surface area contributed by atoms with E-state index in [-0.39, 0.29) is 11.7 Å². The fraction of sp³-hybridized carbons (Fsp3) is 0.364. The van der Waals surface area contributed by atoms with Crippen LogP contribution in [0.15, 0.2) is 41.2 Å². The van der Waals surface area contributed by atoms with Gasteiger partial charge in [-0.3, -0.25) is 9.13 Å². The molecule has 0 aliphatic carbocycles. The third kappa shape index (κ3) is 3.60. The number of anilines is 3. The van der Waals surface area contributed by atoms with Gasteiger partial charge in [0.25, 0.3) is 0 Å². The maximum Gasteiger partial charge on any atom is 0.328 e. The van der Waals surface area contributed by atoms with E-state index in [1.807, 2.05) is 37.3 Å². The van der Waals surface area contributed by atoms with Crippen LogP contribution in [-0.2, 0) is 14.1 Å². The zero-order valence-corrected chi connectivity index (χ0v) is 17.6. The van der Waals surface area contributed by atoms with Crippen LogP contribution in [0.25, 0.3) is 11.0 Å². The van der Waals surface area contributed by atoms with Gasteiger partial charge in [0.05, 0.1) is 34.7 Å². The number of aromatic nitrogens is 2. The number of imidazole rings is 1. The van der Waals surface area contributed by atoms with Crippen molar-refractivity contribution in [1.29, 1.82) is 0 Å². The first-order valence-corrected chi connectivity index (χ1v) is 10.2. The minimum absolute atomic E-state index is 0.0929. The topological polar surface area (TPSA) is 80.5 Å². The summed E-state index contributed by atoms with van der Waals surface area (Å²) in [6, 6.07) is 10.8. The molecule has 2 N–H and O–H groups in total. The summed E-state index contributed by atoms with van der Waals surface area (Å²) in [5.41, 5.74) is 3.73. The summed E-state index contributed by atoms with van der Waals surface area (Å²) >= 11 is 0. The molecule has 4 rings (SSSR count). The summed E-state index contributed by atoms with van der Waals surface area (Å²) in [7, 11) is 3.51. The fourth-order valence-corrected chi connectivity index (χ4v) is 3.98. The van der Waals surface area contributed by atoms with Gasteiger partial charge >= 0.3 is 11.7 Å². The summed E-state index contributed by atoms with van der Waals surface area (Å²) in [5.74, 6) is 0.621. The van der Waals surface area contributed by atoms with E-state index >= 15 is 0 Å². The molecule has 1 saturated heterocycles. The lowest BCUT2D eigenvalue weighted by molar-refractivity contribution is 0.262. The van der Waals surface area contributed by atoms with Crippen molar-refractivity contribution >= 4 is 34.1 Å². The Bertz CT molecular complexity index is 1140. The Morgan fingerprint density at radius 2 is 1.63 bits per heavy atom. The number of nitrogens with one attached hydrogen (secondary N) is 2. The summed E-state index contributed by atoms with van der Waals surface area (Å²) in [5, 5.41) is 5.86. The Morgan fingerprint density at radius 3 is 2.33 bits per heavy atom. The zero-order chi connectivity index (χ0) is 21.3. The van der Waals surface area contributed by atoms with Crippen LogP contribution in [0.1, 0.15) is 19.8 Å². The molecule has 8 nitrogen and oxygen atoms in total. The number of fused-ring (bicyclic) bond motifs is 1. The minimum atomic E-state index is -0.358. The normalized spacial score (nSPS) is 13.6. The Morgan fingerprint density at radius 1 is 1.00 bits per heavy atom. The van der Waals surface area contributed by atoms with Gasteiger partial charge in [0, 0.05) is 27.2 Å². The highest BCUT2D eigenvalue weighted by Gasteiger charge is 2.21.